The number of benzene rings is 1. The van der Waals surface area contributed by atoms with Crippen molar-refractivity contribution in [2.24, 2.45) is 0 Å². The lowest BCUT2D eigenvalue weighted by atomic mass is 9.99. The quantitative estimate of drug-likeness (QED) is 0.354. The molecule has 2 aromatic heterocycles. The van der Waals surface area contributed by atoms with Crippen LogP contribution in [0.3, 0.4) is 0 Å². The second-order valence-corrected chi connectivity index (χ2v) is 11.2. The first kappa shape index (κ1) is 27.8. The Kier molecular flexibility index (Phi) is 7.26. The van der Waals surface area contributed by atoms with Crippen molar-refractivity contribution in [2.75, 3.05) is 39.4 Å². The SMILES string of the molecule is CNc1cc2c(cn1)CN(c1cc(NC(=O)Nc3cnn(C(C)(C)C)c3)c(F)cc1C)C(=O)N2C(C)(C)CO. The van der Waals surface area contributed by atoms with Gasteiger partial charge in [-0.3, -0.25) is 14.5 Å². The average Bonchev–Trinajstić information content (AvgIpc) is 3.34. The Bertz CT molecular complexity index is 1410. The highest BCUT2D eigenvalue weighted by Crippen LogP contribution is 2.39. The third kappa shape index (κ3) is 5.51. The summed E-state index contributed by atoms with van der Waals surface area (Å²) < 4.78 is 16.7. The van der Waals surface area contributed by atoms with Crippen molar-refractivity contribution in [3.05, 3.63) is 53.7 Å². The van der Waals surface area contributed by atoms with Crippen molar-refractivity contribution in [3.8, 4) is 0 Å². The Hall–Kier alpha value is -4.19. The molecule has 0 atom stereocenters. The molecule has 1 aliphatic heterocycles. The van der Waals surface area contributed by atoms with Crippen molar-refractivity contribution in [3.63, 3.8) is 0 Å². The fourth-order valence-electron chi connectivity index (χ4n) is 4.33. The van der Waals surface area contributed by atoms with E-state index in [9.17, 15) is 19.1 Å². The smallest absolute Gasteiger partial charge is 0.329 e. The highest BCUT2D eigenvalue weighted by Gasteiger charge is 2.40. The number of halogens is 1. The molecular formula is C27H35FN8O3. The number of hydrogen-bond acceptors (Lipinski definition) is 6. The number of aromatic nitrogens is 3. The minimum atomic E-state index is -0.941. The summed E-state index contributed by atoms with van der Waals surface area (Å²) in [5.41, 5.74) is 1.45. The molecule has 3 heterocycles. The van der Waals surface area contributed by atoms with Crippen LogP contribution in [0.25, 0.3) is 0 Å². The van der Waals surface area contributed by atoms with Crippen LogP contribution in [0.2, 0.25) is 0 Å². The summed E-state index contributed by atoms with van der Waals surface area (Å²) in [7, 11) is 1.73. The number of carbonyl (C=O) groups is 2. The number of amides is 4. The van der Waals surface area contributed by atoms with E-state index in [2.05, 4.69) is 26.0 Å². The van der Waals surface area contributed by atoms with Gasteiger partial charge in [-0.1, -0.05) is 0 Å². The molecule has 0 radical (unpaired) electrons. The zero-order chi connectivity index (χ0) is 28.7. The fourth-order valence-corrected chi connectivity index (χ4v) is 4.33. The van der Waals surface area contributed by atoms with Gasteiger partial charge in [0.2, 0.25) is 0 Å². The van der Waals surface area contributed by atoms with E-state index in [0.29, 0.717) is 28.4 Å². The molecule has 39 heavy (non-hydrogen) atoms. The number of nitrogens with zero attached hydrogens (tertiary/aromatic N) is 5. The van der Waals surface area contributed by atoms with Crippen LogP contribution < -0.4 is 25.8 Å². The topological polar surface area (TPSA) is 128 Å². The molecule has 3 aromatic rings. The summed E-state index contributed by atoms with van der Waals surface area (Å²) in [6.07, 6.45) is 4.87. The van der Waals surface area contributed by atoms with Crippen LogP contribution in [0.1, 0.15) is 45.7 Å². The minimum absolute atomic E-state index is 0.0912. The number of carbonyl (C=O) groups excluding carboxylic acids is 2. The predicted octanol–water partition coefficient (Wildman–Crippen LogP) is 4.88. The monoisotopic (exact) mass is 538 g/mol. The van der Waals surface area contributed by atoms with Gasteiger partial charge >= 0.3 is 12.1 Å². The van der Waals surface area contributed by atoms with E-state index in [1.807, 2.05) is 20.8 Å². The molecule has 1 aliphatic rings. The van der Waals surface area contributed by atoms with E-state index >= 15 is 0 Å². The normalized spacial score (nSPS) is 13.8. The lowest BCUT2D eigenvalue weighted by Gasteiger charge is -2.45. The standard InChI is InChI=1S/C27H35FN8O3/c1-16-8-19(28)20(33-24(38)32-18-12-31-35(14-18)26(2,3)4)9-21(16)34-13-17-11-30-23(29-7)10-22(17)36(25(34)39)27(5,6)15-37/h8-12,14,37H,13,15H2,1-7H3,(H,29,30)(H2,32,33,38). The second kappa shape index (κ2) is 10.2. The number of urea groups is 2. The highest BCUT2D eigenvalue weighted by molar-refractivity contribution is 6.08. The zero-order valence-electron chi connectivity index (χ0n) is 23.3. The first-order chi connectivity index (χ1) is 18.2. The summed E-state index contributed by atoms with van der Waals surface area (Å²) in [5.74, 6) is -0.0632. The van der Waals surface area contributed by atoms with Gasteiger partial charge in [-0.2, -0.15) is 5.10 Å². The molecule has 4 amide bonds. The summed E-state index contributed by atoms with van der Waals surface area (Å²) in [4.78, 5) is 34.0. The van der Waals surface area contributed by atoms with Crippen LogP contribution in [0.5, 0.6) is 0 Å². The van der Waals surface area contributed by atoms with Crippen LogP contribution in [0.15, 0.2) is 36.8 Å². The number of aliphatic hydroxyl groups is 1. The van der Waals surface area contributed by atoms with Gasteiger partial charge in [0.05, 0.1) is 53.2 Å². The molecule has 0 aliphatic carbocycles. The van der Waals surface area contributed by atoms with Gasteiger partial charge in [-0.05, 0) is 59.2 Å². The Balaban J connectivity index is 1.66. The number of anilines is 5. The lowest BCUT2D eigenvalue weighted by Crippen LogP contribution is -2.58. The number of fused-ring (bicyclic) bond motifs is 1. The fraction of sp³-hybridized carbons (Fsp3) is 0.407. The molecule has 4 N–H and O–H groups in total. The molecule has 4 rings (SSSR count). The van der Waals surface area contributed by atoms with Crippen molar-refractivity contribution in [1.29, 1.82) is 0 Å². The van der Waals surface area contributed by atoms with Gasteiger partial charge in [-0.25, -0.2) is 19.0 Å². The Morgan fingerprint density at radius 1 is 1.10 bits per heavy atom. The maximum atomic E-state index is 15.0. The van der Waals surface area contributed by atoms with Crippen LogP contribution in [-0.2, 0) is 12.1 Å². The number of aryl methyl sites for hydroxylation is 1. The molecule has 0 saturated heterocycles. The van der Waals surface area contributed by atoms with E-state index in [4.69, 9.17) is 0 Å². The van der Waals surface area contributed by atoms with Gasteiger partial charge in [-0.15, -0.1) is 0 Å². The lowest BCUT2D eigenvalue weighted by molar-refractivity contribution is 0.202. The van der Waals surface area contributed by atoms with Crippen molar-refractivity contribution in [2.45, 2.75) is 59.2 Å². The van der Waals surface area contributed by atoms with E-state index in [-0.39, 0.29) is 24.4 Å². The number of rotatable bonds is 6. The molecule has 0 bridgehead atoms. The molecule has 0 saturated carbocycles. The summed E-state index contributed by atoms with van der Waals surface area (Å²) >= 11 is 0. The van der Waals surface area contributed by atoms with Crippen LogP contribution in [-0.4, -0.2) is 51.1 Å². The minimum Gasteiger partial charge on any atom is -0.394 e. The van der Waals surface area contributed by atoms with Crippen molar-refractivity contribution >= 4 is 40.6 Å². The van der Waals surface area contributed by atoms with Crippen LogP contribution in [0, 0.1) is 12.7 Å². The first-order valence-corrected chi connectivity index (χ1v) is 12.6. The van der Waals surface area contributed by atoms with Gasteiger partial charge in [0.1, 0.15) is 11.6 Å². The van der Waals surface area contributed by atoms with Gasteiger partial charge < -0.3 is 21.1 Å². The number of aliphatic hydroxyl groups excluding tert-OH is 1. The molecular weight excluding hydrogens is 503 g/mol. The largest absolute Gasteiger partial charge is 0.394 e. The van der Waals surface area contributed by atoms with E-state index in [1.165, 1.54) is 28.1 Å². The Labute approximate surface area is 227 Å². The third-order valence-electron chi connectivity index (χ3n) is 6.55. The molecule has 1 aromatic carbocycles. The highest BCUT2D eigenvalue weighted by atomic mass is 19.1. The third-order valence-corrected chi connectivity index (χ3v) is 6.55. The van der Waals surface area contributed by atoms with Crippen molar-refractivity contribution < 1.29 is 19.1 Å². The Morgan fingerprint density at radius 2 is 1.82 bits per heavy atom. The summed E-state index contributed by atoms with van der Waals surface area (Å²) in [5, 5.41) is 22.5. The first-order valence-electron chi connectivity index (χ1n) is 12.6. The van der Waals surface area contributed by atoms with Crippen molar-refractivity contribution in [1.82, 2.24) is 14.8 Å². The van der Waals surface area contributed by atoms with Crippen LogP contribution in [0.4, 0.5) is 42.5 Å². The predicted molar refractivity (Wildman–Crippen MR) is 150 cm³/mol. The van der Waals surface area contributed by atoms with Crippen LogP contribution >= 0.6 is 0 Å². The molecule has 0 spiro atoms. The molecule has 11 nitrogen and oxygen atoms in total. The molecule has 0 unspecified atom stereocenters. The molecule has 208 valence electrons. The van der Waals surface area contributed by atoms with Gasteiger partial charge in [0.15, 0.2) is 0 Å². The number of hydrogen-bond donors (Lipinski definition) is 4. The summed E-state index contributed by atoms with van der Waals surface area (Å²) in [6.45, 7) is 11.0. The van der Waals surface area contributed by atoms with E-state index < -0.39 is 23.4 Å². The maximum absolute atomic E-state index is 15.0. The summed E-state index contributed by atoms with van der Waals surface area (Å²) in [6, 6.07) is 3.42. The second-order valence-electron chi connectivity index (χ2n) is 11.2. The molecule has 12 heteroatoms. The van der Waals surface area contributed by atoms with Gasteiger partial charge in [0.25, 0.3) is 0 Å². The number of pyridine rings is 1. The van der Waals surface area contributed by atoms with E-state index in [1.54, 1.807) is 51.0 Å². The molecule has 0 fully saturated rings. The zero-order valence-corrected chi connectivity index (χ0v) is 23.3. The average molecular weight is 539 g/mol. The number of nitrogens with one attached hydrogen (secondary N) is 3. The Morgan fingerprint density at radius 3 is 2.44 bits per heavy atom. The van der Waals surface area contributed by atoms with E-state index in [0.717, 1.165) is 5.56 Å². The van der Waals surface area contributed by atoms with Gasteiger partial charge in [0, 0.05) is 31.1 Å². The maximum Gasteiger partial charge on any atom is 0.329 e.